The largest absolute Gasteiger partial charge is 0.357 e. The molecule has 0 aromatic heterocycles. The van der Waals surface area contributed by atoms with Crippen molar-refractivity contribution in [2.45, 2.75) is 37.8 Å². The van der Waals surface area contributed by atoms with Crippen LogP contribution in [0.3, 0.4) is 0 Å². The van der Waals surface area contributed by atoms with E-state index in [0.717, 1.165) is 9.87 Å². The first-order valence-corrected chi connectivity index (χ1v) is 13.5. The molecule has 0 fully saturated rings. The Labute approximate surface area is 221 Å². The van der Waals surface area contributed by atoms with Crippen molar-refractivity contribution in [3.63, 3.8) is 0 Å². The van der Waals surface area contributed by atoms with E-state index in [1.165, 1.54) is 60.5 Å². The summed E-state index contributed by atoms with van der Waals surface area (Å²) in [7, 11) is -2.70. The lowest BCUT2D eigenvalue weighted by Gasteiger charge is -2.33. The molecule has 196 valence electrons. The summed E-state index contributed by atoms with van der Waals surface area (Å²) in [5.41, 5.74) is 1.81. The summed E-state index contributed by atoms with van der Waals surface area (Å²) in [6, 6.07) is 17.1. The highest BCUT2D eigenvalue weighted by Crippen LogP contribution is 2.26. The molecule has 1 atom stereocenters. The van der Waals surface area contributed by atoms with Gasteiger partial charge in [-0.25, -0.2) is 12.8 Å². The molecule has 0 heterocycles. The van der Waals surface area contributed by atoms with Crippen molar-refractivity contribution in [3.05, 3.63) is 94.8 Å². The number of sulfonamides is 1. The molecular weight excluding hydrogens is 517 g/mol. The van der Waals surface area contributed by atoms with Crippen LogP contribution in [0.1, 0.15) is 24.5 Å². The fraction of sp³-hybridized carbons (Fsp3) is 0.259. The minimum absolute atomic E-state index is 0.00618. The molecule has 0 spiro atoms. The average molecular weight is 546 g/mol. The van der Waals surface area contributed by atoms with Crippen LogP contribution in [0.5, 0.6) is 0 Å². The molecule has 3 rings (SSSR count). The summed E-state index contributed by atoms with van der Waals surface area (Å²) in [6.07, 6.45) is 0.293. The smallest absolute Gasteiger partial charge is 0.264 e. The molecule has 0 unspecified atom stereocenters. The summed E-state index contributed by atoms with van der Waals surface area (Å²) in [5, 5.41) is 2.94. The lowest BCUT2D eigenvalue weighted by molar-refractivity contribution is -0.140. The number of aryl methyl sites for hydroxylation is 1. The first-order chi connectivity index (χ1) is 17.6. The third-order valence-electron chi connectivity index (χ3n) is 5.90. The van der Waals surface area contributed by atoms with Gasteiger partial charge in [-0.1, -0.05) is 48.4 Å². The van der Waals surface area contributed by atoms with Gasteiger partial charge in [-0.2, -0.15) is 0 Å². The zero-order valence-corrected chi connectivity index (χ0v) is 22.4. The third kappa shape index (κ3) is 6.87. The maximum absolute atomic E-state index is 13.8. The molecule has 10 heteroatoms. The molecule has 0 aliphatic heterocycles. The second kappa shape index (κ2) is 12.2. The number of hydrogen-bond acceptors (Lipinski definition) is 4. The molecule has 7 nitrogen and oxygen atoms in total. The van der Waals surface area contributed by atoms with Crippen molar-refractivity contribution in [2.24, 2.45) is 0 Å². The number of anilines is 1. The van der Waals surface area contributed by atoms with Gasteiger partial charge in [-0.3, -0.25) is 13.9 Å². The van der Waals surface area contributed by atoms with Gasteiger partial charge in [0.15, 0.2) is 0 Å². The Bertz CT molecular complexity index is 1330. The molecule has 0 aliphatic rings. The van der Waals surface area contributed by atoms with Gasteiger partial charge in [0.25, 0.3) is 10.0 Å². The third-order valence-corrected chi connectivity index (χ3v) is 7.94. The Morgan fingerprint density at radius 1 is 0.973 bits per heavy atom. The van der Waals surface area contributed by atoms with E-state index >= 15 is 0 Å². The van der Waals surface area contributed by atoms with E-state index in [0.29, 0.717) is 22.7 Å². The maximum atomic E-state index is 13.8. The fourth-order valence-corrected chi connectivity index (χ4v) is 5.39. The molecule has 37 heavy (non-hydrogen) atoms. The standard InChI is InChI=1S/C27H29ClFN3O4S/c1-4-25(27(34)30-3)31(17-20-7-11-22(29)12-8-20)26(33)18-32(23-13-5-19(2)6-14-23)37(35,36)24-15-9-21(28)10-16-24/h5-16,25H,4,17-18H2,1-3H3,(H,30,34)/t25-/m0/s1. The summed E-state index contributed by atoms with van der Waals surface area (Å²) >= 11 is 5.95. The molecule has 0 aliphatic carbocycles. The minimum Gasteiger partial charge on any atom is -0.357 e. The minimum atomic E-state index is -4.17. The number of carbonyl (C=O) groups is 2. The van der Waals surface area contributed by atoms with Crippen LogP contribution in [0.4, 0.5) is 10.1 Å². The molecule has 0 saturated carbocycles. The van der Waals surface area contributed by atoms with E-state index in [9.17, 15) is 22.4 Å². The predicted octanol–water partition coefficient (Wildman–Crippen LogP) is 4.54. The SMILES string of the molecule is CC[C@@H](C(=O)NC)N(Cc1ccc(F)cc1)C(=O)CN(c1ccc(C)cc1)S(=O)(=O)c1ccc(Cl)cc1. The number of rotatable bonds is 10. The number of nitrogens with one attached hydrogen (secondary N) is 1. The number of likely N-dealkylation sites (N-methyl/N-ethyl adjacent to an activating group) is 1. The van der Waals surface area contributed by atoms with Gasteiger partial charge in [-0.05, 0) is 67.4 Å². The monoisotopic (exact) mass is 545 g/mol. The summed E-state index contributed by atoms with van der Waals surface area (Å²) in [5.74, 6) is -1.40. The van der Waals surface area contributed by atoms with E-state index < -0.39 is 34.3 Å². The molecule has 1 N–H and O–H groups in total. The Balaban J connectivity index is 2.04. The normalized spacial score (nSPS) is 12.0. The Morgan fingerprint density at radius 2 is 1.57 bits per heavy atom. The van der Waals surface area contributed by atoms with Crippen molar-refractivity contribution in [1.82, 2.24) is 10.2 Å². The van der Waals surface area contributed by atoms with E-state index in [-0.39, 0.29) is 17.3 Å². The highest BCUT2D eigenvalue weighted by atomic mass is 35.5. The second-order valence-electron chi connectivity index (χ2n) is 8.49. The van der Waals surface area contributed by atoms with Crippen LogP contribution in [-0.2, 0) is 26.2 Å². The number of hydrogen-bond donors (Lipinski definition) is 1. The van der Waals surface area contributed by atoms with Crippen LogP contribution in [-0.4, -0.2) is 44.8 Å². The summed E-state index contributed by atoms with van der Waals surface area (Å²) in [4.78, 5) is 27.7. The van der Waals surface area contributed by atoms with Gasteiger partial charge in [0, 0.05) is 18.6 Å². The first kappa shape index (κ1) is 28.1. The topological polar surface area (TPSA) is 86.8 Å². The van der Waals surface area contributed by atoms with Crippen LogP contribution in [0, 0.1) is 12.7 Å². The van der Waals surface area contributed by atoms with Crippen LogP contribution in [0.15, 0.2) is 77.7 Å². The number of amides is 2. The predicted molar refractivity (Wildman–Crippen MR) is 142 cm³/mol. The van der Waals surface area contributed by atoms with Gasteiger partial charge in [0.1, 0.15) is 18.4 Å². The molecule has 0 bridgehead atoms. The Hall–Kier alpha value is -3.43. The number of nitrogens with zero attached hydrogens (tertiary/aromatic N) is 2. The van der Waals surface area contributed by atoms with Crippen molar-refractivity contribution in [1.29, 1.82) is 0 Å². The molecular formula is C27H29ClFN3O4S. The molecule has 0 radical (unpaired) electrons. The van der Waals surface area contributed by atoms with Crippen molar-refractivity contribution in [2.75, 3.05) is 17.9 Å². The van der Waals surface area contributed by atoms with Crippen molar-refractivity contribution >= 4 is 39.1 Å². The highest BCUT2D eigenvalue weighted by Gasteiger charge is 2.33. The first-order valence-electron chi connectivity index (χ1n) is 11.7. The van der Waals surface area contributed by atoms with Gasteiger partial charge in [0.2, 0.25) is 11.8 Å². The second-order valence-corrected chi connectivity index (χ2v) is 10.8. The van der Waals surface area contributed by atoms with E-state index in [1.807, 2.05) is 6.92 Å². The molecule has 3 aromatic rings. The van der Waals surface area contributed by atoms with Gasteiger partial charge >= 0.3 is 0 Å². The fourth-order valence-electron chi connectivity index (χ4n) is 3.85. The molecule has 2 amide bonds. The Kier molecular flexibility index (Phi) is 9.29. The highest BCUT2D eigenvalue weighted by molar-refractivity contribution is 7.92. The van der Waals surface area contributed by atoms with Crippen LogP contribution >= 0.6 is 11.6 Å². The number of halogens is 2. The number of carbonyl (C=O) groups excluding carboxylic acids is 2. The zero-order valence-electron chi connectivity index (χ0n) is 20.8. The molecule has 0 saturated heterocycles. The van der Waals surface area contributed by atoms with E-state index in [4.69, 9.17) is 11.6 Å². The van der Waals surface area contributed by atoms with Crippen LogP contribution < -0.4 is 9.62 Å². The van der Waals surface area contributed by atoms with Gasteiger partial charge in [0.05, 0.1) is 10.6 Å². The average Bonchev–Trinajstić information content (AvgIpc) is 2.88. The van der Waals surface area contributed by atoms with Gasteiger partial charge < -0.3 is 10.2 Å². The van der Waals surface area contributed by atoms with Crippen LogP contribution in [0.2, 0.25) is 5.02 Å². The van der Waals surface area contributed by atoms with Gasteiger partial charge in [-0.15, -0.1) is 0 Å². The Morgan fingerprint density at radius 3 is 2.11 bits per heavy atom. The zero-order chi connectivity index (χ0) is 27.2. The summed E-state index contributed by atoms with van der Waals surface area (Å²) in [6.45, 7) is 3.07. The summed E-state index contributed by atoms with van der Waals surface area (Å²) < 4.78 is 41.9. The van der Waals surface area contributed by atoms with E-state index in [2.05, 4.69) is 5.32 Å². The van der Waals surface area contributed by atoms with Crippen molar-refractivity contribution in [3.8, 4) is 0 Å². The maximum Gasteiger partial charge on any atom is 0.264 e. The van der Waals surface area contributed by atoms with Crippen LogP contribution in [0.25, 0.3) is 0 Å². The number of benzene rings is 3. The van der Waals surface area contributed by atoms with E-state index in [1.54, 1.807) is 31.2 Å². The lowest BCUT2D eigenvalue weighted by Crippen LogP contribution is -2.51. The lowest BCUT2D eigenvalue weighted by atomic mass is 10.1. The quantitative estimate of drug-likeness (QED) is 0.405. The molecule has 3 aromatic carbocycles. The van der Waals surface area contributed by atoms with Crippen molar-refractivity contribution < 1.29 is 22.4 Å².